The Bertz CT molecular complexity index is 586. The lowest BCUT2D eigenvalue weighted by Gasteiger charge is -2.28. The fourth-order valence-corrected chi connectivity index (χ4v) is 3.62. The van der Waals surface area contributed by atoms with Crippen molar-refractivity contribution in [1.29, 1.82) is 0 Å². The van der Waals surface area contributed by atoms with Crippen LogP contribution in [-0.2, 0) is 10.2 Å². The van der Waals surface area contributed by atoms with Crippen LogP contribution in [0.4, 0.5) is 4.39 Å². The smallest absolute Gasteiger partial charge is 0.233 e. The fraction of sp³-hybridized carbons (Fsp3) is 0.588. The molecule has 0 radical (unpaired) electrons. The van der Waals surface area contributed by atoms with Crippen molar-refractivity contribution < 1.29 is 14.3 Å². The van der Waals surface area contributed by atoms with Gasteiger partial charge in [0.25, 0.3) is 0 Å². The lowest BCUT2D eigenvalue weighted by Crippen LogP contribution is -2.45. The Morgan fingerprint density at radius 3 is 2.59 bits per heavy atom. The van der Waals surface area contributed by atoms with Crippen LogP contribution in [0.15, 0.2) is 24.3 Å². The van der Waals surface area contributed by atoms with Crippen molar-refractivity contribution in [3.05, 3.63) is 35.6 Å². The number of aliphatic hydroxyl groups is 1. The van der Waals surface area contributed by atoms with Gasteiger partial charge in [-0.15, -0.1) is 0 Å². The number of β-amino-alcohol motifs (C(OH)–C–C–N with tert-alkyl or cyclic N) is 1. The molecule has 1 saturated carbocycles. The van der Waals surface area contributed by atoms with Crippen LogP contribution in [0.25, 0.3) is 0 Å². The highest BCUT2D eigenvalue weighted by Gasteiger charge is 2.56. The molecule has 1 aliphatic heterocycles. The Morgan fingerprint density at radius 1 is 1.32 bits per heavy atom. The lowest BCUT2D eigenvalue weighted by atomic mass is 9.93. The molecule has 2 fully saturated rings. The molecule has 1 aliphatic carbocycles. The summed E-state index contributed by atoms with van der Waals surface area (Å²) in [5, 5.41) is 10.6. The number of carbonyl (C=O) groups is 1. The van der Waals surface area contributed by atoms with Crippen LogP contribution in [0.3, 0.4) is 0 Å². The van der Waals surface area contributed by atoms with E-state index >= 15 is 0 Å². The summed E-state index contributed by atoms with van der Waals surface area (Å²) in [6.07, 6.45) is 1.95. The number of nitrogens with zero attached hydrogens (tertiary/aromatic N) is 2. The molecule has 1 atom stereocenters. The van der Waals surface area contributed by atoms with E-state index in [4.69, 9.17) is 0 Å². The first-order chi connectivity index (χ1) is 10.4. The number of likely N-dealkylation sites (N-methyl/N-ethyl adjacent to an activating group) is 1. The molecule has 0 aromatic heterocycles. The third-order valence-corrected chi connectivity index (χ3v) is 4.78. The highest BCUT2D eigenvalue weighted by Crippen LogP contribution is 2.51. The quantitative estimate of drug-likeness (QED) is 0.914. The van der Waals surface area contributed by atoms with Gasteiger partial charge < -0.3 is 14.9 Å². The molecule has 1 aromatic rings. The number of benzene rings is 1. The molecule has 22 heavy (non-hydrogen) atoms. The van der Waals surface area contributed by atoms with Crippen molar-refractivity contribution in [3.8, 4) is 0 Å². The summed E-state index contributed by atoms with van der Waals surface area (Å²) in [6, 6.07) is 6.54. The van der Waals surface area contributed by atoms with Gasteiger partial charge in [-0.25, -0.2) is 4.39 Å². The van der Waals surface area contributed by atoms with Gasteiger partial charge in [0.15, 0.2) is 0 Å². The third-order valence-electron chi connectivity index (χ3n) is 4.78. The summed E-state index contributed by atoms with van der Waals surface area (Å²) in [6.45, 7) is 1.41. The Balaban J connectivity index is 1.77. The second kappa shape index (κ2) is 5.32. The van der Waals surface area contributed by atoms with Gasteiger partial charge in [-0.1, -0.05) is 18.2 Å². The van der Waals surface area contributed by atoms with E-state index in [9.17, 15) is 14.3 Å². The van der Waals surface area contributed by atoms with Gasteiger partial charge in [-0.05, 0) is 39.4 Å². The van der Waals surface area contributed by atoms with Gasteiger partial charge in [-0.3, -0.25) is 4.79 Å². The zero-order valence-corrected chi connectivity index (χ0v) is 13.2. The van der Waals surface area contributed by atoms with E-state index in [1.807, 2.05) is 19.0 Å². The van der Waals surface area contributed by atoms with Gasteiger partial charge in [-0.2, -0.15) is 0 Å². The van der Waals surface area contributed by atoms with E-state index in [-0.39, 0.29) is 11.7 Å². The van der Waals surface area contributed by atoms with Gasteiger partial charge in [0.1, 0.15) is 5.82 Å². The topological polar surface area (TPSA) is 43.8 Å². The van der Waals surface area contributed by atoms with Crippen molar-refractivity contribution in [2.24, 2.45) is 0 Å². The van der Waals surface area contributed by atoms with Crippen LogP contribution in [0.2, 0.25) is 0 Å². The van der Waals surface area contributed by atoms with Crippen LogP contribution in [0, 0.1) is 5.82 Å². The molecular formula is C17H23FN2O2. The molecule has 1 heterocycles. The van der Waals surface area contributed by atoms with E-state index in [2.05, 4.69) is 0 Å². The van der Waals surface area contributed by atoms with E-state index < -0.39 is 11.0 Å². The van der Waals surface area contributed by atoms with Crippen molar-refractivity contribution in [2.75, 3.05) is 33.7 Å². The van der Waals surface area contributed by atoms with Gasteiger partial charge in [0, 0.05) is 18.7 Å². The molecule has 0 bridgehead atoms. The highest BCUT2D eigenvalue weighted by atomic mass is 19.1. The normalized spacial score (nSPS) is 26.5. The van der Waals surface area contributed by atoms with Crippen molar-refractivity contribution in [2.45, 2.75) is 30.3 Å². The Hall–Kier alpha value is -1.46. The molecule has 1 N–H and O–H groups in total. The van der Waals surface area contributed by atoms with Gasteiger partial charge in [0.05, 0.1) is 17.6 Å². The molecule has 1 saturated heterocycles. The maximum atomic E-state index is 14.1. The summed E-state index contributed by atoms with van der Waals surface area (Å²) in [5.74, 6) is -0.344. The summed E-state index contributed by atoms with van der Waals surface area (Å²) in [7, 11) is 3.81. The number of halogens is 1. The van der Waals surface area contributed by atoms with Crippen LogP contribution < -0.4 is 0 Å². The Kier molecular flexibility index (Phi) is 3.73. The summed E-state index contributed by atoms with van der Waals surface area (Å²) in [5.41, 5.74) is -1.05. The van der Waals surface area contributed by atoms with Crippen molar-refractivity contribution in [1.82, 2.24) is 9.80 Å². The lowest BCUT2D eigenvalue weighted by molar-refractivity contribution is -0.134. The number of carbonyl (C=O) groups excluding carboxylic acids is 1. The van der Waals surface area contributed by atoms with E-state index in [1.165, 1.54) is 6.07 Å². The molecule has 0 spiro atoms. The largest absolute Gasteiger partial charge is 0.387 e. The predicted octanol–water partition coefficient (Wildman–Crippen LogP) is 1.38. The van der Waals surface area contributed by atoms with E-state index in [1.54, 1.807) is 23.1 Å². The Morgan fingerprint density at radius 2 is 2.00 bits per heavy atom. The number of amides is 1. The minimum absolute atomic E-state index is 0.0349. The van der Waals surface area contributed by atoms with Crippen LogP contribution in [0.5, 0.6) is 0 Å². The molecule has 1 amide bonds. The molecule has 5 heteroatoms. The third kappa shape index (κ3) is 2.63. The zero-order chi connectivity index (χ0) is 16.0. The number of rotatable bonds is 4. The van der Waals surface area contributed by atoms with Gasteiger partial charge >= 0.3 is 0 Å². The first-order valence-electron chi connectivity index (χ1n) is 7.78. The minimum Gasteiger partial charge on any atom is -0.387 e. The molecule has 3 rings (SSSR count). The number of likely N-dealkylation sites (tertiary alicyclic amines) is 1. The fourth-order valence-electron chi connectivity index (χ4n) is 3.62. The van der Waals surface area contributed by atoms with Crippen molar-refractivity contribution >= 4 is 5.91 Å². The molecule has 1 aromatic carbocycles. The molecule has 2 aliphatic rings. The van der Waals surface area contributed by atoms with Gasteiger partial charge in [0.2, 0.25) is 5.91 Å². The SMILES string of the molecule is CN(C)C[C@]1(O)CCN(C(=O)C2(c3ccccc3F)CC2)C1. The molecule has 120 valence electrons. The monoisotopic (exact) mass is 306 g/mol. The van der Waals surface area contributed by atoms with Crippen LogP contribution in [0.1, 0.15) is 24.8 Å². The summed E-state index contributed by atoms with van der Waals surface area (Å²) >= 11 is 0. The molecule has 4 nitrogen and oxygen atoms in total. The van der Waals surface area contributed by atoms with Crippen LogP contribution >= 0.6 is 0 Å². The second-order valence-electron chi connectivity index (χ2n) is 7.00. The second-order valence-corrected chi connectivity index (χ2v) is 7.00. The Labute approximate surface area is 130 Å². The van der Waals surface area contributed by atoms with E-state index in [0.29, 0.717) is 44.5 Å². The number of hydrogen-bond acceptors (Lipinski definition) is 3. The average molecular weight is 306 g/mol. The predicted molar refractivity (Wildman–Crippen MR) is 82.0 cm³/mol. The summed E-state index contributed by atoms with van der Waals surface area (Å²) < 4.78 is 14.1. The highest BCUT2D eigenvalue weighted by molar-refractivity contribution is 5.91. The standard InChI is InChI=1S/C17H23FN2O2/c1-19(2)11-16(22)9-10-20(12-16)15(21)17(7-8-17)13-5-3-4-6-14(13)18/h3-6,22H,7-12H2,1-2H3/t16-/m1/s1. The maximum Gasteiger partial charge on any atom is 0.233 e. The zero-order valence-electron chi connectivity index (χ0n) is 13.2. The minimum atomic E-state index is -0.857. The summed E-state index contributed by atoms with van der Waals surface area (Å²) in [4.78, 5) is 16.5. The van der Waals surface area contributed by atoms with Crippen molar-refractivity contribution in [3.63, 3.8) is 0 Å². The maximum absolute atomic E-state index is 14.1. The first kappa shape index (κ1) is 15.4. The van der Waals surface area contributed by atoms with Crippen LogP contribution in [-0.4, -0.2) is 60.1 Å². The average Bonchev–Trinajstić information content (AvgIpc) is 3.16. The number of hydrogen-bond donors (Lipinski definition) is 1. The molecule has 0 unspecified atom stereocenters. The molecular weight excluding hydrogens is 283 g/mol. The first-order valence-corrected chi connectivity index (χ1v) is 7.78. The van der Waals surface area contributed by atoms with E-state index in [0.717, 1.165) is 0 Å².